The Morgan fingerprint density at radius 3 is 2.64 bits per heavy atom. The van der Waals surface area contributed by atoms with E-state index in [9.17, 15) is 4.79 Å². The Bertz CT molecular complexity index is 631. The Morgan fingerprint density at radius 2 is 1.95 bits per heavy atom. The fourth-order valence-electron chi connectivity index (χ4n) is 2.02. The normalized spacial score (nSPS) is 12.0. The smallest absolute Gasteiger partial charge is 0.238 e. The van der Waals surface area contributed by atoms with E-state index in [1.807, 2.05) is 61.7 Å². The minimum Gasteiger partial charge on any atom is -0.325 e. The second-order valence-corrected chi connectivity index (χ2v) is 6.25. The molecule has 0 saturated carbocycles. The summed E-state index contributed by atoms with van der Waals surface area (Å²) in [6, 6.07) is 15.5. The first-order chi connectivity index (χ1) is 10.6. The molecule has 0 aromatic heterocycles. The highest BCUT2D eigenvalue weighted by Gasteiger charge is 2.08. The lowest BCUT2D eigenvalue weighted by Crippen LogP contribution is -2.30. The number of carbonyl (C=O) groups is 1. The molecule has 0 spiro atoms. The average Bonchev–Trinajstić information content (AvgIpc) is 2.53. The molecular formula is C17H19ClN2OS. The summed E-state index contributed by atoms with van der Waals surface area (Å²) in [5, 5.41) is 6.81. The van der Waals surface area contributed by atoms with Crippen LogP contribution in [-0.2, 0) is 4.79 Å². The van der Waals surface area contributed by atoms with Crippen molar-refractivity contribution in [3.05, 3.63) is 59.1 Å². The molecule has 22 heavy (non-hydrogen) atoms. The zero-order valence-electron chi connectivity index (χ0n) is 12.6. The van der Waals surface area contributed by atoms with Crippen LogP contribution in [0.4, 0.5) is 5.69 Å². The van der Waals surface area contributed by atoms with Gasteiger partial charge in [-0.3, -0.25) is 4.79 Å². The molecule has 0 aliphatic rings. The summed E-state index contributed by atoms with van der Waals surface area (Å²) in [5.41, 5.74) is 1.92. The van der Waals surface area contributed by atoms with Crippen LogP contribution < -0.4 is 10.6 Å². The highest BCUT2D eigenvalue weighted by atomic mass is 35.5. The number of anilines is 1. The molecule has 0 saturated heterocycles. The van der Waals surface area contributed by atoms with Crippen LogP contribution in [0.1, 0.15) is 18.5 Å². The van der Waals surface area contributed by atoms with E-state index in [4.69, 9.17) is 11.6 Å². The number of carbonyl (C=O) groups excluding carboxylic acids is 1. The molecule has 0 aliphatic heterocycles. The molecule has 1 amide bonds. The summed E-state index contributed by atoms with van der Waals surface area (Å²) < 4.78 is 0. The molecule has 0 bridgehead atoms. The number of rotatable bonds is 6. The third kappa shape index (κ3) is 5.05. The standard InChI is InChI=1S/C17H19ClN2OS/c1-12(13-6-8-14(18)9-7-13)19-11-17(21)20-15-4-3-5-16(10-15)22-2/h3-10,12,19H,11H2,1-2H3,(H,20,21)/t12-/m1/s1. The van der Waals surface area contributed by atoms with Crippen molar-refractivity contribution in [1.82, 2.24) is 5.32 Å². The summed E-state index contributed by atoms with van der Waals surface area (Å²) in [4.78, 5) is 13.1. The van der Waals surface area contributed by atoms with Gasteiger partial charge >= 0.3 is 0 Å². The van der Waals surface area contributed by atoms with Crippen molar-refractivity contribution < 1.29 is 4.79 Å². The molecule has 5 heteroatoms. The van der Waals surface area contributed by atoms with E-state index in [0.29, 0.717) is 5.02 Å². The van der Waals surface area contributed by atoms with E-state index >= 15 is 0 Å². The van der Waals surface area contributed by atoms with Crippen molar-refractivity contribution in [2.24, 2.45) is 0 Å². The van der Waals surface area contributed by atoms with E-state index in [-0.39, 0.29) is 18.5 Å². The average molecular weight is 335 g/mol. The maximum absolute atomic E-state index is 12.0. The lowest BCUT2D eigenvalue weighted by molar-refractivity contribution is -0.115. The maximum atomic E-state index is 12.0. The highest BCUT2D eigenvalue weighted by Crippen LogP contribution is 2.19. The summed E-state index contributed by atoms with van der Waals surface area (Å²) in [6.07, 6.45) is 2.01. The molecule has 116 valence electrons. The molecule has 2 aromatic carbocycles. The van der Waals surface area contributed by atoms with Crippen molar-refractivity contribution in [2.45, 2.75) is 17.9 Å². The predicted octanol–water partition coefficient (Wildman–Crippen LogP) is 4.35. The van der Waals surface area contributed by atoms with Crippen LogP contribution in [0.5, 0.6) is 0 Å². The molecule has 0 fully saturated rings. The molecule has 0 aliphatic carbocycles. The van der Waals surface area contributed by atoms with Crippen molar-refractivity contribution in [1.29, 1.82) is 0 Å². The first kappa shape index (κ1) is 16.9. The van der Waals surface area contributed by atoms with Crippen LogP contribution in [-0.4, -0.2) is 18.7 Å². The van der Waals surface area contributed by atoms with E-state index in [0.717, 1.165) is 16.1 Å². The SMILES string of the molecule is CSc1cccc(NC(=O)CN[C@H](C)c2ccc(Cl)cc2)c1. The van der Waals surface area contributed by atoms with Gasteiger partial charge in [-0.2, -0.15) is 0 Å². The fourth-order valence-corrected chi connectivity index (χ4v) is 2.61. The molecule has 0 heterocycles. The minimum atomic E-state index is -0.0564. The van der Waals surface area contributed by atoms with Crippen molar-refractivity contribution >= 4 is 35.0 Å². The topological polar surface area (TPSA) is 41.1 Å². The second kappa shape index (κ2) is 8.22. The molecule has 0 radical (unpaired) electrons. The number of hydrogen-bond acceptors (Lipinski definition) is 3. The first-order valence-corrected chi connectivity index (χ1v) is 8.61. The van der Waals surface area contributed by atoms with Crippen LogP contribution in [0.3, 0.4) is 0 Å². The van der Waals surface area contributed by atoms with Crippen molar-refractivity contribution in [3.63, 3.8) is 0 Å². The summed E-state index contributed by atoms with van der Waals surface area (Å²) in [6.45, 7) is 2.28. The Kier molecular flexibility index (Phi) is 6.31. The first-order valence-electron chi connectivity index (χ1n) is 7.01. The summed E-state index contributed by atoms with van der Waals surface area (Å²) in [5.74, 6) is -0.0564. The number of amides is 1. The Labute approximate surface area is 140 Å². The van der Waals surface area contributed by atoms with Gasteiger partial charge in [-0.15, -0.1) is 11.8 Å². The van der Waals surface area contributed by atoms with Crippen molar-refractivity contribution in [2.75, 3.05) is 18.1 Å². The van der Waals surface area contributed by atoms with Gasteiger partial charge in [0.2, 0.25) is 5.91 Å². The van der Waals surface area contributed by atoms with Gasteiger partial charge in [0.05, 0.1) is 6.54 Å². The monoisotopic (exact) mass is 334 g/mol. The van der Waals surface area contributed by atoms with Gasteiger partial charge < -0.3 is 10.6 Å². The third-order valence-corrected chi connectivity index (χ3v) is 4.27. The van der Waals surface area contributed by atoms with Crippen molar-refractivity contribution in [3.8, 4) is 0 Å². The minimum absolute atomic E-state index is 0.0564. The lowest BCUT2D eigenvalue weighted by Gasteiger charge is -2.14. The number of hydrogen-bond donors (Lipinski definition) is 2. The van der Waals surface area contributed by atoms with Gasteiger partial charge in [-0.25, -0.2) is 0 Å². The van der Waals surface area contributed by atoms with Gasteiger partial charge in [-0.05, 0) is 49.1 Å². The molecule has 0 unspecified atom stereocenters. The Balaban J connectivity index is 1.85. The van der Waals surface area contributed by atoms with E-state index in [1.54, 1.807) is 11.8 Å². The largest absolute Gasteiger partial charge is 0.325 e. The predicted molar refractivity (Wildman–Crippen MR) is 94.7 cm³/mol. The van der Waals surface area contributed by atoms with Gasteiger partial charge in [0.1, 0.15) is 0 Å². The van der Waals surface area contributed by atoms with E-state index in [2.05, 4.69) is 10.6 Å². The quantitative estimate of drug-likeness (QED) is 0.771. The zero-order valence-corrected chi connectivity index (χ0v) is 14.2. The van der Waals surface area contributed by atoms with E-state index in [1.165, 1.54) is 0 Å². The molecule has 3 nitrogen and oxygen atoms in total. The highest BCUT2D eigenvalue weighted by molar-refractivity contribution is 7.98. The fraction of sp³-hybridized carbons (Fsp3) is 0.235. The van der Waals surface area contributed by atoms with Crippen LogP contribution in [0.2, 0.25) is 5.02 Å². The zero-order chi connectivity index (χ0) is 15.9. The van der Waals surface area contributed by atoms with Gasteiger partial charge in [0.15, 0.2) is 0 Å². The van der Waals surface area contributed by atoms with Crippen LogP contribution in [0.15, 0.2) is 53.4 Å². The Hall–Kier alpha value is -1.49. The van der Waals surface area contributed by atoms with Crippen LogP contribution in [0, 0.1) is 0 Å². The number of nitrogens with one attached hydrogen (secondary N) is 2. The number of halogens is 1. The van der Waals surface area contributed by atoms with Gasteiger partial charge in [-0.1, -0.05) is 29.8 Å². The lowest BCUT2D eigenvalue weighted by atomic mass is 10.1. The second-order valence-electron chi connectivity index (χ2n) is 4.93. The molecule has 2 aromatic rings. The van der Waals surface area contributed by atoms with E-state index < -0.39 is 0 Å². The molecule has 1 atom stereocenters. The molecule has 2 rings (SSSR count). The summed E-state index contributed by atoms with van der Waals surface area (Å²) >= 11 is 7.52. The van der Waals surface area contributed by atoms with Gasteiger partial charge in [0, 0.05) is 21.6 Å². The Morgan fingerprint density at radius 1 is 1.23 bits per heavy atom. The number of benzene rings is 2. The van der Waals surface area contributed by atoms with Crippen LogP contribution in [0.25, 0.3) is 0 Å². The third-order valence-electron chi connectivity index (χ3n) is 3.29. The molecular weight excluding hydrogens is 316 g/mol. The number of thioether (sulfide) groups is 1. The maximum Gasteiger partial charge on any atom is 0.238 e. The van der Waals surface area contributed by atoms with Gasteiger partial charge in [0.25, 0.3) is 0 Å². The summed E-state index contributed by atoms with van der Waals surface area (Å²) in [7, 11) is 0. The van der Waals surface area contributed by atoms with Crippen LogP contribution >= 0.6 is 23.4 Å². The molecule has 2 N–H and O–H groups in total.